The first-order valence-electron chi connectivity index (χ1n) is 11.4. The van der Waals surface area contributed by atoms with Gasteiger partial charge in [-0.1, -0.05) is 22.0 Å². The largest absolute Gasteiger partial charge is 0.495 e. The second-order valence-electron chi connectivity index (χ2n) is 7.93. The fourth-order valence-electron chi connectivity index (χ4n) is 3.71. The molecular formula is C25H28BrIN4O7. The van der Waals surface area contributed by atoms with E-state index in [0.717, 1.165) is 13.6 Å². The number of halogens is 2. The third kappa shape index (κ3) is 7.29. The Hall–Kier alpha value is -3.04. The summed E-state index contributed by atoms with van der Waals surface area (Å²) in [5.74, 6) is 0.841. The van der Waals surface area contributed by atoms with E-state index in [1.807, 2.05) is 19.1 Å². The van der Waals surface area contributed by atoms with Crippen LogP contribution in [0.1, 0.15) is 31.0 Å². The summed E-state index contributed by atoms with van der Waals surface area (Å²) in [5, 5.41) is 19.8. The number of hydrogen-bond acceptors (Lipinski definition) is 9. The highest BCUT2D eigenvalue weighted by atomic mass is 127. The second kappa shape index (κ2) is 13.7. The van der Waals surface area contributed by atoms with Crippen LogP contribution in [0.25, 0.3) is 0 Å². The van der Waals surface area contributed by atoms with Gasteiger partial charge < -0.3 is 34.7 Å². The lowest BCUT2D eigenvalue weighted by Gasteiger charge is -2.28. The predicted octanol–water partition coefficient (Wildman–Crippen LogP) is 3.58. The lowest BCUT2D eigenvalue weighted by Crippen LogP contribution is -2.45. The first-order valence-corrected chi connectivity index (χ1v) is 13.3. The molecule has 204 valence electrons. The van der Waals surface area contributed by atoms with Gasteiger partial charge in [-0.15, -0.1) is 0 Å². The Morgan fingerprint density at radius 3 is 2.71 bits per heavy atom. The van der Waals surface area contributed by atoms with E-state index in [1.165, 1.54) is 13.3 Å². The number of carbonyl (C=O) groups excluding carboxylic acids is 2. The molecule has 0 saturated heterocycles. The minimum absolute atomic E-state index is 0.138. The number of methoxy groups -OCH3 is 2. The van der Waals surface area contributed by atoms with E-state index in [9.17, 15) is 14.7 Å². The van der Waals surface area contributed by atoms with Crippen molar-refractivity contribution in [2.45, 2.75) is 26.1 Å². The van der Waals surface area contributed by atoms with E-state index >= 15 is 0 Å². The Bertz CT molecular complexity index is 1250. The van der Waals surface area contributed by atoms with Gasteiger partial charge in [0.2, 0.25) is 0 Å². The molecule has 0 saturated carbocycles. The molecular weight excluding hydrogens is 675 g/mol. The first kappa shape index (κ1) is 29.5. The van der Waals surface area contributed by atoms with Crippen LogP contribution < -0.4 is 30.3 Å². The van der Waals surface area contributed by atoms with Gasteiger partial charge in [-0.3, -0.25) is 5.43 Å². The van der Waals surface area contributed by atoms with Crippen molar-refractivity contribution in [2.24, 2.45) is 5.10 Å². The topological polar surface area (TPSA) is 140 Å². The number of urea groups is 1. The van der Waals surface area contributed by atoms with Gasteiger partial charge >= 0.3 is 12.0 Å². The highest BCUT2D eigenvalue weighted by molar-refractivity contribution is 14.1. The van der Waals surface area contributed by atoms with Crippen molar-refractivity contribution in [3.8, 4) is 17.2 Å². The van der Waals surface area contributed by atoms with E-state index < -0.39 is 24.3 Å². The van der Waals surface area contributed by atoms with E-state index in [0.29, 0.717) is 35.1 Å². The number of esters is 1. The van der Waals surface area contributed by atoms with Gasteiger partial charge in [0.1, 0.15) is 12.4 Å². The minimum Gasteiger partial charge on any atom is -0.495 e. The number of nitrogens with one attached hydrogen (secondary N) is 3. The molecule has 38 heavy (non-hydrogen) atoms. The van der Waals surface area contributed by atoms with Crippen LogP contribution in [0.5, 0.6) is 17.2 Å². The van der Waals surface area contributed by atoms with Crippen LogP contribution in [0, 0.1) is 3.57 Å². The molecule has 0 unspecified atom stereocenters. The van der Waals surface area contributed by atoms with Gasteiger partial charge in [0.05, 0.1) is 42.2 Å². The quantitative estimate of drug-likeness (QED) is 0.0917. The molecule has 2 amide bonds. The Morgan fingerprint density at radius 1 is 1.26 bits per heavy atom. The van der Waals surface area contributed by atoms with Gasteiger partial charge in [-0.2, -0.15) is 5.10 Å². The van der Waals surface area contributed by atoms with Crippen LogP contribution in [0.4, 0.5) is 4.79 Å². The predicted molar refractivity (Wildman–Crippen MR) is 152 cm³/mol. The van der Waals surface area contributed by atoms with Crippen molar-refractivity contribution >= 4 is 56.7 Å². The maximum absolute atomic E-state index is 12.4. The summed E-state index contributed by atoms with van der Waals surface area (Å²) >= 11 is 5.61. The van der Waals surface area contributed by atoms with Crippen LogP contribution in [0.2, 0.25) is 0 Å². The summed E-state index contributed by atoms with van der Waals surface area (Å²) in [4.78, 5) is 24.5. The minimum atomic E-state index is -1.13. The highest BCUT2D eigenvalue weighted by Gasteiger charge is 2.32. The zero-order chi connectivity index (χ0) is 27.8. The average Bonchev–Trinajstić information content (AvgIpc) is 2.87. The lowest BCUT2D eigenvalue weighted by atomic mass is 9.95. The van der Waals surface area contributed by atoms with Crippen molar-refractivity contribution in [3.05, 3.63) is 60.8 Å². The van der Waals surface area contributed by atoms with Crippen LogP contribution in [-0.2, 0) is 9.53 Å². The first-order chi connectivity index (χ1) is 18.2. The van der Waals surface area contributed by atoms with Gasteiger partial charge in [-0.25, -0.2) is 9.59 Å². The van der Waals surface area contributed by atoms with Crippen LogP contribution in [0.3, 0.4) is 0 Å². The number of hydrogen-bond donors (Lipinski definition) is 4. The molecule has 0 bridgehead atoms. The molecule has 1 aliphatic heterocycles. The van der Waals surface area contributed by atoms with E-state index in [1.54, 1.807) is 32.2 Å². The van der Waals surface area contributed by atoms with Crippen LogP contribution in [0.15, 0.2) is 51.2 Å². The Labute approximate surface area is 242 Å². The van der Waals surface area contributed by atoms with Crippen molar-refractivity contribution in [3.63, 3.8) is 0 Å². The van der Waals surface area contributed by atoms with Crippen molar-refractivity contribution < 1.29 is 33.6 Å². The number of ether oxygens (including phenoxy) is 4. The molecule has 0 radical (unpaired) electrons. The fraction of sp³-hybridized carbons (Fsp3) is 0.320. The number of aliphatic hydroxyl groups excluding tert-OH is 1. The molecule has 4 N–H and O–H groups in total. The van der Waals surface area contributed by atoms with Crippen molar-refractivity contribution in [1.82, 2.24) is 16.1 Å². The van der Waals surface area contributed by atoms with Gasteiger partial charge in [0.15, 0.2) is 17.7 Å². The highest BCUT2D eigenvalue weighted by Crippen LogP contribution is 2.35. The van der Waals surface area contributed by atoms with E-state index in [-0.39, 0.29) is 12.2 Å². The maximum atomic E-state index is 12.4. The van der Waals surface area contributed by atoms with Gasteiger partial charge in [0, 0.05) is 15.7 Å². The summed E-state index contributed by atoms with van der Waals surface area (Å²) < 4.78 is 23.6. The summed E-state index contributed by atoms with van der Waals surface area (Å²) in [5.41, 5.74) is 4.60. The lowest BCUT2D eigenvalue weighted by molar-refractivity contribution is -0.136. The molecule has 13 heteroatoms. The fourth-order valence-corrected chi connectivity index (χ4v) is 5.48. The van der Waals surface area contributed by atoms with E-state index in [2.05, 4.69) is 59.7 Å². The van der Waals surface area contributed by atoms with Gasteiger partial charge in [-0.05, 0) is 66.3 Å². The number of amides is 2. The molecule has 11 nitrogen and oxygen atoms in total. The second-order valence-corrected chi connectivity index (χ2v) is 10.0. The summed E-state index contributed by atoms with van der Waals surface area (Å²) in [6.45, 7) is 3.65. The number of benzene rings is 2. The summed E-state index contributed by atoms with van der Waals surface area (Å²) in [7, 11) is 2.85. The standard InChI is InChI=1S/C25H28BrIN4O7/c1-5-37-19-9-14(22-21(24(33)36-4)13(2)29-25(34)30-22)6-7-18(19)38-12-20(32)31-28-11-15-8-16(26)10-17(27)23(15)35-3/h6-11,20,22,31-32H,5,12H2,1-4H3,(H2,29,30,34)/b28-11+/t20-,22+/m0/s1. The number of rotatable bonds is 11. The SMILES string of the molecule is CCOc1cc([C@H]2NC(=O)NC(C)=C2C(=O)OC)ccc1OC[C@H](O)N/N=C/c1cc(Br)cc(I)c1OC. The Morgan fingerprint density at radius 2 is 2.03 bits per heavy atom. The zero-order valence-electron chi connectivity index (χ0n) is 21.1. The molecule has 1 aliphatic rings. The molecule has 3 rings (SSSR count). The number of carbonyl (C=O) groups is 2. The normalized spacial score (nSPS) is 16.0. The molecule has 1 heterocycles. The number of nitrogens with zero attached hydrogens (tertiary/aromatic N) is 1. The number of allylic oxidation sites excluding steroid dienone is 1. The van der Waals surface area contributed by atoms with Gasteiger partial charge in [0.25, 0.3) is 0 Å². The Balaban J connectivity index is 1.72. The number of aliphatic hydroxyl groups is 1. The monoisotopic (exact) mass is 702 g/mol. The molecule has 2 atom stereocenters. The summed E-state index contributed by atoms with van der Waals surface area (Å²) in [6, 6.07) is 7.59. The molecule has 2 aromatic rings. The molecule has 0 fully saturated rings. The van der Waals surface area contributed by atoms with Crippen LogP contribution in [-0.4, -0.2) is 57.0 Å². The summed E-state index contributed by atoms with van der Waals surface area (Å²) in [6.07, 6.45) is 0.412. The zero-order valence-corrected chi connectivity index (χ0v) is 24.9. The molecule has 0 aromatic heterocycles. The van der Waals surface area contributed by atoms with E-state index in [4.69, 9.17) is 18.9 Å². The maximum Gasteiger partial charge on any atom is 0.337 e. The van der Waals surface area contributed by atoms with Crippen LogP contribution >= 0.6 is 38.5 Å². The Kier molecular flexibility index (Phi) is 10.6. The number of hydrazone groups is 1. The van der Waals surface area contributed by atoms with Crippen molar-refractivity contribution in [1.29, 1.82) is 0 Å². The third-order valence-electron chi connectivity index (χ3n) is 5.34. The molecule has 2 aromatic carbocycles. The average molecular weight is 703 g/mol. The van der Waals surface area contributed by atoms with Crippen molar-refractivity contribution in [2.75, 3.05) is 27.4 Å². The molecule has 0 spiro atoms. The third-order valence-corrected chi connectivity index (χ3v) is 6.60. The smallest absolute Gasteiger partial charge is 0.337 e. The molecule has 0 aliphatic carbocycles.